The van der Waals surface area contributed by atoms with Gasteiger partial charge in [-0.2, -0.15) is 5.10 Å². The number of nitrogens with zero attached hydrogens (tertiary/aromatic N) is 3. The Morgan fingerprint density at radius 1 is 1.43 bits per heavy atom. The van der Waals surface area contributed by atoms with E-state index in [9.17, 15) is 13.2 Å². The van der Waals surface area contributed by atoms with Crippen molar-refractivity contribution in [2.24, 2.45) is 5.10 Å². The Kier molecular flexibility index (Phi) is 4.21. The maximum Gasteiger partial charge on any atom is 0.573 e. The van der Waals surface area contributed by atoms with Gasteiger partial charge in [0.1, 0.15) is 5.75 Å². The molecule has 0 atom stereocenters. The van der Waals surface area contributed by atoms with Crippen LogP contribution in [0.25, 0.3) is 0 Å². The van der Waals surface area contributed by atoms with E-state index in [0.29, 0.717) is 15.7 Å². The van der Waals surface area contributed by atoms with E-state index < -0.39 is 6.36 Å². The summed E-state index contributed by atoms with van der Waals surface area (Å²) in [5, 5.41) is 4.07. The molecule has 1 aromatic heterocycles. The van der Waals surface area contributed by atoms with Crippen molar-refractivity contribution >= 4 is 28.1 Å². The first-order valence-electron chi connectivity index (χ1n) is 5.66. The van der Waals surface area contributed by atoms with Gasteiger partial charge in [-0.1, -0.05) is 0 Å². The molecule has 5 nitrogen and oxygen atoms in total. The van der Waals surface area contributed by atoms with Crippen molar-refractivity contribution in [1.82, 2.24) is 9.66 Å². The molecule has 0 bridgehead atoms. The monoisotopic (exact) mass is 362 g/mol. The number of halogens is 4. The number of alkyl halides is 3. The molecule has 9 heteroatoms. The normalized spacial score (nSPS) is 12.0. The van der Waals surface area contributed by atoms with Gasteiger partial charge in [-0.15, -0.1) is 13.2 Å². The maximum atomic E-state index is 12.1. The highest BCUT2D eigenvalue weighted by molar-refractivity contribution is 9.10. The van der Waals surface area contributed by atoms with Crippen LogP contribution < -0.4 is 10.5 Å². The van der Waals surface area contributed by atoms with Gasteiger partial charge in [-0.05, 0) is 41.1 Å². The number of ether oxygens (including phenoxy) is 1. The number of hydrogen-bond acceptors (Lipinski definition) is 4. The molecule has 0 fully saturated rings. The van der Waals surface area contributed by atoms with E-state index in [1.807, 2.05) is 0 Å². The summed E-state index contributed by atoms with van der Waals surface area (Å²) in [6, 6.07) is 3.84. The summed E-state index contributed by atoms with van der Waals surface area (Å²) in [7, 11) is 0. The van der Waals surface area contributed by atoms with E-state index in [-0.39, 0.29) is 11.7 Å². The molecule has 2 N–H and O–H groups in total. The van der Waals surface area contributed by atoms with Crippen molar-refractivity contribution in [2.45, 2.75) is 13.3 Å². The van der Waals surface area contributed by atoms with Crippen LogP contribution in [-0.2, 0) is 0 Å². The molecule has 0 saturated heterocycles. The zero-order valence-corrected chi connectivity index (χ0v) is 12.3. The maximum absolute atomic E-state index is 12.1. The van der Waals surface area contributed by atoms with Crippen LogP contribution in [0.4, 0.5) is 19.1 Å². The Morgan fingerprint density at radius 2 is 2.14 bits per heavy atom. The molecule has 0 saturated carbocycles. The van der Waals surface area contributed by atoms with Crippen LogP contribution in [0.2, 0.25) is 0 Å². The standard InChI is InChI=1S/C12H10BrF3N4O/c1-7-6-20(11(17)19-7)18-5-8-2-3-9(4-10(8)13)21-12(14,15)16/h2-6H,1H3,(H2,17,19). The lowest BCUT2D eigenvalue weighted by atomic mass is 10.2. The van der Waals surface area contributed by atoms with Gasteiger partial charge < -0.3 is 10.5 Å². The smallest absolute Gasteiger partial charge is 0.406 e. The zero-order chi connectivity index (χ0) is 15.6. The molecule has 112 valence electrons. The van der Waals surface area contributed by atoms with Crippen LogP contribution in [-0.4, -0.2) is 22.2 Å². The largest absolute Gasteiger partial charge is 0.573 e. The van der Waals surface area contributed by atoms with E-state index in [2.05, 4.69) is 30.8 Å². The quantitative estimate of drug-likeness (QED) is 0.851. The number of imidazole rings is 1. The highest BCUT2D eigenvalue weighted by Crippen LogP contribution is 2.27. The van der Waals surface area contributed by atoms with Gasteiger partial charge in [0.15, 0.2) is 0 Å². The predicted octanol–water partition coefficient (Wildman–Crippen LogP) is 3.32. The zero-order valence-electron chi connectivity index (χ0n) is 10.7. The lowest BCUT2D eigenvalue weighted by Crippen LogP contribution is -2.17. The van der Waals surface area contributed by atoms with Crippen molar-refractivity contribution in [2.75, 3.05) is 5.73 Å². The van der Waals surface area contributed by atoms with Crippen molar-refractivity contribution < 1.29 is 17.9 Å². The molecule has 0 unspecified atom stereocenters. The average Bonchev–Trinajstić information content (AvgIpc) is 2.65. The molecule has 0 radical (unpaired) electrons. The molecule has 2 aromatic rings. The van der Waals surface area contributed by atoms with Gasteiger partial charge in [0, 0.05) is 10.0 Å². The highest BCUT2D eigenvalue weighted by atomic mass is 79.9. The first-order chi connectivity index (χ1) is 9.74. The van der Waals surface area contributed by atoms with Gasteiger partial charge in [0.05, 0.1) is 18.1 Å². The van der Waals surface area contributed by atoms with Crippen LogP contribution in [0.15, 0.2) is 34.0 Å². The van der Waals surface area contributed by atoms with Crippen LogP contribution in [0.1, 0.15) is 11.3 Å². The molecule has 0 aliphatic rings. The second kappa shape index (κ2) is 5.76. The van der Waals surface area contributed by atoms with Gasteiger partial charge in [-0.25, -0.2) is 9.66 Å². The molecule has 1 heterocycles. The number of rotatable bonds is 3. The van der Waals surface area contributed by atoms with E-state index in [4.69, 9.17) is 5.73 Å². The molecule has 21 heavy (non-hydrogen) atoms. The molecule has 0 aliphatic heterocycles. The summed E-state index contributed by atoms with van der Waals surface area (Å²) in [4.78, 5) is 3.97. The molecule has 2 rings (SSSR count). The number of aryl methyl sites for hydroxylation is 1. The lowest BCUT2D eigenvalue weighted by Gasteiger charge is -2.09. The summed E-state index contributed by atoms with van der Waals surface area (Å²) in [5.74, 6) is -0.0959. The average molecular weight is 363 g/mol. The Morgan fingerprint density at radius 3 is 2.67 bits per heavy atom. The molecule has 0 amide bonds. The van der Waals surface area contributed by atoms with E-state index >= 15 is 0 Å². The fourth-order valence-electron chi connectivity index (χ4n) is 1.53. The second-order valence-electron chi connectivity index (χ2n) is 4.06. The molecule has 0 spiro atoms. The minimum Gasteiger partial charge on any atom is -0.406 e. The summed E-state index contributed by atoms with van der Waals surface area (Å²) in [6.45, 7) is 1.77. The van der Waals surface area contributed by atoms with Crippen molar-refractivity contribution in [3.63, 3.8) is 0 Å². The summed E-state index contributed by atoms with van der Waals surface area (Å²) in [6.07, 6.45) is -1.66. The third kappa shape index (κ3) is 4.22. The lowest BCUT2D eigenvalue weighted by molar-refractivity contribution is -0.274. The first-order valence-corrected chi connectivity index (χ1v) is 6.45. The fourth-order valence-corrected chi connectivity index (χ4v) is 1.99. The first kappa shape index (κ1) is 15.4. The predicted molar refractivity (Wildman–Crippen MR) is 75.2 cm³/mol. The molecular formula is C12H10BrF3N4O. The van der Waals surface area contributed by atoms with Crippen LogP contribution in [0.3, 0.4) is 0 Å². The van der Waals surface area contributed by atoms with Crippen LogP contribution in [0, 0.1) is 6.92 Å². The Balaban J connectivity index is 2.20. The van der Waals surface area contributed by atoms with Crippen LogP contribution in [0.5, 0.6) is 5.75 Å². The summed E-state index contributed by atoms with van der Waals surface area (Å²) >= 11 is 3.16. The Bertz CT molecular complexity index is 682. The number of hydrogen-bond donors (Lipinski definition) is 1. The number of nitrogens with two attached hydrogens (primary N) is 1. The number of aromatic nitrogens is 2. The van der Waals surface area contributed by atoms with Crippen molar-refractivity contribution in [1.29, 1.82) is 0 Å². The minimum atomic E-state index is -4.72. The molecule has 0 aliphatic carbocycles. The molecule has 1 aromatic carbocycles. The topological polar surface area (TPSA) is 65.4 Å². The van der Waals surface area contributed by atoms with E-state index in [1.54, 1.807) is 13.1 Å². The van der Waals surface area contributed by atoms with Gasteiger partial charge in [0.2, 0.25) is 5.95 Å². The third-order valence-electron chi connectivity index (χ3n) is 2.36. The van der Waals surface area contributed by atoms with Gasteiger partial charge in [-0.3, -0.25) is 0 Å². The van der Waals surface area contributed by atoms with Crippen molar-refractivity contribution in [3.05, 3.63) is 40.1 Å². The van der Waals surface area contributed by atoms with E-state index in [0.717, 1.165) is 0 Å². The minimum absolute atomic E-state index is 0.219. The SMILES string of the molecule is Cc1cn(N=Cc2ccc(OC(F)(F)F)cc2Br)c(N)n1. The highest BCUT2D eigenvalue weighted by Gasteiger charge is 2.31. The second-order valence-corrected chi connectivity index (χ2v) is 4.92. The van der Waals surface area contributed by atoms with Gasteiger partial charge in [0.25, 0.3) is 0 Å². The molecular weight excluding hydrogens is 353 g/mol. The van der Waals surface area contributed by atoms with Gasteiger partial charge >= 0.3 is 6.36 Å². The Labute approximate surface area is 126 Å². The fraction of sp³-hybridized carbons (Fsp3) is 0.167. The van der Waals surface area contributed by atoms with E-state index in [1.165, 1.54) is 29.1 Å². The van der Waals surface area contributed by atoms with Crippen LogP contribution >= 0.6 is 15.9 Å². The third-order valence-corrected chi connectivity index (χ3v) is 3.05. The number of benzene rings is 1. The number of anilines is 1. The summed E-state index contributed by atoms with van der Waals surface area (Å²) < 4.78 is 41.9. The van der Waals surface area contributed by atoms with Crippen molar-refractivity contribution in [3.8, 4) is 5.75 Å². The Hall–Kier alpha value is -2.03. The summed E-state index contributed by atoms with van der Waals surface area (Å²) in [5.41, 5.74) is 6.89. The number of nitrogen functional groups attached to an aromatic ring is 1.